The van der Waals surface area contributed by atoms with E-state index >= 15 is 0 Å². The lowest BCUT2D eigenvalue weighted by Crippen LogP contribution is -2.35. The van der Waals surface area contributed by atoms with Crippen molar-refractivity contribution in [3.8, 4) is 0 Å². The van der Waals surface area contributed by atoms with Crippen LogP contribution in [0.15, 0.2) is 0 Å². The number of aliphatic hydroxyl groups is 1. The second-order valence-corrected chi connectivity index (χ2v) is 5.78. The minimum atomic E-state index is -0.397. The van der Waals surface area contributed by atoms with Crippen molar-refractivity contribution in [2.24, 2.45) is 11.3 Å². The van der Waals surface area contributed by atoms with Gasteiger partial charge in [-0.3, -0.25) is 0 Å². The molecule has 3 heteroatoms. The third-order valence-corrected chi connectivity index (χ3v) is 1.80. The van der Waals surface area contributed by atoms with Gasteiger partial charge in [0.1, 0.15) is 0 Å². The van der Waals surface area contributed by atoms with Gasteiger partial charge < -0.3 is 15.2 Å². The fourth-order valence-electron chi connectivity index (χ4n) is 1.11. The van der Waals surface area contributed by atoms with Crippen LogP contribution in [-0.2, 0) is 4.74 Å². The van der Waals surface area contributed by atoms with Crippen molar-refractivity contribution in [3.63, 3.8) is 0 Å². The molecule has 2 N–H and O–H groups in total. The quantitative estimate of drug-likeness (QED) is 0.681. The van der Waals surface area contributed by atoms with Gasteiger partial charge in [0, 0.05) is 19.7 Å². The van der Waals surface area contributed by atoms with E-state index in [2.05, 4.69) is 39.9 Å². The van der Waals surface area contributed by atoms with Gasteiger partial charge in [-0.15, -0.1) is 0 Å². The molecule has 3 nitrogen and oxygen atoms in total. The van der Waals surface area contributed by atoms with Crippen molar-refractivity contribution in [3.05, 3.63) is 0 Å². The molecule has 0 amide bonds. The molecule has 1 atom stereocenters. The van der Waals surface area contributed by atoms with Gasteiger partial charge >= 0.3 is 0 Å². The zero-order valence-electron chi connectivity index (χ0n) is 10.8. The van der Waals surface area contributed by atoms with Crippen molar-refractivity contribution in [1.82, 2.24) is 5.32 Å². The molecular weight excluding hydrogens is 190 g/mol. The second-order valence-electron chi connectivity index (χ2n) is 5.78. The predicted octanol–water partition coefficient (Wildman–Crippen LogP) is 1.66. The molecule has 0 saturated heterocycles. The maximum absolute atomic E-state index is 9.57. The Bertz CT molecular complexity index is 152. The number of ether oxygens (including phenoxy) is 1. The summed E-state index contributed by atoms with van der Waals surface area (Å²) < 4.78 is 5.35. The summed E-state index contributed by atoms with van der Waals surface area (Å²) in [7, 11) is 0. The first-order chi connectivity index (χ1) is 6.81. The van der Waals surface area contributed by atoms with E-state index in [4.69, 9.17) is 4.74 Å². The first-order valence-corrected chi connectivity index (χ1v) is 5.78. The van der Waals surface area contributed by atoms with E-state index in [1.807, 2.05) is 0 Å². The van der Waals surface area contributed by atoms with Gasteiger partial charge in [0.25, 0.3) is 0 Å². The van der Waals surface area contributed by atoms with Crippen molar-refractivity contribution in [1.29, 1.82) is 0 Å². The third kappa shape index (κ3) is 11.8. The van der Waals surface area contributed by atoms with Gasteiger partial charge in [-0.25, -0.2) is 0 Å². The lowest BCUT2D eigenvalue weighted by Gasteiger charge is -2.20. The van der Waals surface area contributed by atoms with Gasteiger partial charge in [-0.1, -0.05) is 34.6 Å². The average Bonchev–Trinajstić information content (AvgIpc) is 2.00. The third-order valence-electron chi connectivity index (χ3n) is 1.80. The maximum atomic E-state index is 9.57. The van der Waals surface area contributed by atoms with E-state index < -0.39 is 6.10 Å². The Hall–Kier alpha value is -0.120. The minimum absolute atomic E-state index is 0.262. The summed E-state index contributed by atoms with van der Waals surface area (Å²) in [6.07, 6.45) is -0.397. The van der Waals surface area contributed by atoms with Gasteiger partial charge in [0.2, 0.25) is 0 Å². The summed E-state index contributed by atoms with van der Waals surface area (Å²) >= 11 is 0. The fraction of sp³-hybridized carbons (Fsp3) is 1.00. The zero-order valence-corrected chi connectivity index (χ0v) is 10.8. The predicted molar refractivity (Wildman–Crippen MR) is 64.0 cm³/mol. The van der Waals surface area contributed by atoms with Crippen molar-refractivity contribution in [2.75, 3.05) is 26.3 Å². The average molecular weight is 217 g/mol. The van der Waals surface area contributed by atoms with Crippen molar-refractivity contribution < 1.29 is 9.84 Å². The van der Waals surface area contributed by atoms with Gasteiger partial charge in [-0.05, 0) is 11.3 Å². The summed E-state index contributed by atoms with van der Waals surface area (Å²) in [6.45, 7) is 13.4. The molecule has 0 fully saturated rings. The Morgan fingerprint density at radius 2 is 1.80 bits per heavy atom. The summed E-state index contributed by atoms with van der Waals surface area (Å²) in [4.78, 5) is 0. The SMILES string of the molecule is CC(C)COCC(O)CNCC(C)(C)C. The Morgan fingerprint density at radius 3 is 2.27 bits per heavy atom. The molecule has 15 heavy (non-hydrogen) atoms. The number of rotatable bonds is 7. The molecule has 0 aliphatic carbocycles. The molecule has 92 valence electrons. The molecule has 0 aromatic heterocycles. The van der Waals surface area contributed by atoms with Crippen LogP contribution in [-0.4, -0.2) is 37.5 Å². The summed E-state index contributed by atoms with van der Waals surface area (Å²) in [5, 5.41) is 12.8. The lowest BCUT2D eigenvalue weighted by molar-refractivity contribution is 0.0254. The van der Waals surface area contributed by atoms with E-state index in [-0.39, 0.29) is 5.41 Å². The van der Waals surface area contributed by atoms with Crippen LogP contribution >= 0.6 is 0 Å². The molecule has 0 aliphatic heterocycles. The van der Waals surface area contributed by atoms with E-state index in [9.17, 15) is 5.11 Å². The van der Waals surface area contributed by atoms with Gasteiger partial charge in [-0.2, -0.15) is 0 Å². The van der Waals surface area contributed by atoms with Gasteiger partial charge in [0.15, 0.2) is 0 Å². The molecule has 0 aromatic rings. The molecule has 0 aromatic carbocycles. The lowest BCUT2D eigenvalue weighted by atomic mass is 9.97. The molecule has 0 heterocycles. The van der Waals surface area contributed by atoms with Crippen molar-refractivity contribution in [2.45, 2.75) is 40.7 Å². The highest BCUT2D eigenvalue weighted by Gasteiger charge is 2.11. The number of hydrogen-bond donors (Lipinski definition) is 2. The largest absolute Gasteiger partial charge is 0.389 e. The van der Waals surface area contributed by atoms with Crippen LogP contribution in [0.25, 0.3) is 0 Å². The van der Waals surface area contributed by atoms with Crippen LogP contribution in [0.3, 0.4) is 0 Å². The molecule has 0 rings (SSSR count). The highest BCUT2D eigenvalue weighted by molar-refractivity contribution is 4.67. The summed E-state index contributed by atoms with van der Waals surface area (Å²) in [6, 6.07) is 0. The van der Waals surface area contributed by atoms with E-state index in [0.717, 1.165) is 13.2 Å². The van der Waals surface area contributed by atoms with Crippen LogP contribution in [0, 0.1) is 11.3 Å². The highest BCUT2D eigenvalue weighted by atomic mass is 16.5. The smallest absolute Gasteiger partial charge is 0.0897 e. The summed E-state index contributed by atoms with van der Waals surface area (Å²) in [5.74, 6) is 0.528. The first-order valence-electron chi connectivity index (χ1n) is 5.78. The maximum Gasteiger partial charge on any atom is 0.0897 e. The Labute approximate surface area is 94.2 Å². The van der Waals surface area contributed by atoms with E-state index in [1.54, 1.807) is 0 Å². The Kier molecular flexibility index (Phi) is 7.14. The monoisotopic (exact) mass is 217 g/mol. The molecule has 0 spiro atoms. The van der Waals surface area contributed by atoms with Crippen molar-refractivity contribution >= 4 is 0 Å². The molecule has 0 saturated carbocycles. The van der Waals surface area contributed by atoms with Crippen LogP contribution in [0.2, 0.25) is 0 Å². The highest BCUT2D eigenvalue weighted by Crippen LogP contribution is 2.09. The Balaban J connectivity index is 3.37. The number of nitrogens with one attached hydrogen (secondary N) is 1. The standard InChI is InChI=1S/C12H27NO2/c1-10(2)7-15-8-11(14)6-13-9-12(3,4)5/h10-11,13-14H,6-9H2,1-5H3. The normalized spacial score (nSPS) is 14.6. The first kappa shape index (κ1) is 14.9. The van der Waals surface area contributed by atoms with Crippen LogP contribution in [0.1, 0.15) is 34.6 Å². The molecule has 1 unspecified atom stereocenters. The Morgan fingerprint density at radius 1 is 1.20 bits per heavy atom. The van der Waals surface area contributed by atoms with Crippen LogP contribution < -0.4 is 5.32 Å². The second kappa shape index (κ2) is 7.20. The molecule has 0 aliphatic rings. The van der Waals surface area contributed by atoms with E-state index in [1.165, 1.54) is 0 Å². The van der Waals surface area contributed by atoms with E-state index in [0.29, 0.717) is 19.1 Å². The molecule has 0 bridgehead atoms. The van der Waals surface area contributed by atoms with Crippen LogP contribution in [0.4, 0.5) is 0 Å². The minimum Gasteiger partial charge on any atom is -0.389 e. The molecule has 0 radical (unpaired) electrons. The topological polar surface area (TPSA) is 41.5 Å². The molecular formula is C12H27NO2. The van der Waals surface area contributed by atoms with Gasteiger partial charge in [0.05, 0.1) is 12.7 Å². The zero-order chi connectivity index (χ0) is 11.9. The number of hydrogen-bond acceptors (Lipinski definition) is 3. The fourth-order valence-corrected chi connectivity index (χ4v) is 1.11. The number of aliphatic hydroxyl groups excluding tert-OH is 1. The van der Waals surface area contributed by atoms with Crippen LogP contribution in [0.5, 0.6) is 0 Å². The summed E-state index contributed by atoms with van der Waals surface area (Å²) in [5.41, 5.74) is 0.262.